The van der Waals surface area contributed by atoms with E-state index >= 15 is 0 Å². The van der Waals surface area contributed by atoms with Gasteiger partial charge in [0.05, 0.1) is 6.42 Å². The average molecular weight is 207 g/mol. The van der Waals surface area contributed by atoms with Crippen LogP contribution in [0.5, 0.6) is 0 Å². The summed E-state index contributed by atoms with van der Waals surface area (Å²) in [5, 5.41) is 2.28. The molecule has 0 aromatic heterocycles. The van der Waals surface area contributed by atoms with Gasteiger partial charge in [-0.15, -0.1) is 0 Å². The maximum Gasteiger partial charge on any atom is 0.407 e. The first-order valence-corrected chi connectivity index (χ1v) is 4.13. The van der Waals surface area contributed by atoms with Crippen LogP contribution >= 0.6 is 0 Å². The largest absolute Gasteiger partial charge is 0.444 e. The number of nitrogens with one attached hydrogen (secondary N) is 1. The number of rotatable bonds is 3. The van der Waals surface area contributed by atoms with Crippen LogP contribution in [0, 0.1) is 0 Å². The molecule has 0 fully saturated rings. The number of ether oxygens (including phenoxy) is 1. The smallest absolute Gasteiger partial charge is 0.407 e. The van der Waals surface area contributed by atoms with E-state index in [2.05, 4.69) is 10.3 Å². The SMILES string of the molecule is CC(C)(C)OC(=O)NCCC(=O)OF. The number of alkyl carbamates (subject to hydrolysis) is 1. The van der Waals surface area contributed by atoms with Gasteiger partial charge in [-0.25, -0.2) is 9.59 Å². The summed E-state index contributed by atoms with van der Waals surface area (Å²) in [5.41, 5.74) is -0.593. The minimum Gasteiger partial charge on any atom is -0.444 e. The molecule has 0 aromatic carbocycles. The van der Waals surface area contributed by atoms with Crippen molar-refractivity contribution in [1.29, 1.82) is 0 Å². The molecule has 0 aromatic rings. The van der Waals surface area contributed by atoms with E-state index in [-0.39, 0.29) is 13.0 Å². The molecule has 0 heterocycles. The highest BCUT2D eigenvalue weighted by atomic mass is 19.3. The van der Waals surface area contributed by atoms with Gasteiger partial charge in [-0.05, 0) is 20.8 Å². The predicted octanol–water partition coefficient (Wildman–Crippen LogP) is 1.33. The van der Waals surface area contributed by atoms with Crippen LogP contribution < -0.4 is 5.32 Å². The van der Waals surface area contributed by atoms with Gasteiger partial charge in [0.1, 0.15) is 5.60 Å². The molecular formula is C8H14FNO4. The molecular weight excluding hydrogens is 193 g/mol. The quantitative estimate of drug-likeness (QED) is 0.758. The average Bonchev–Trinajstić information content (AvgIpc) is 2.00. The Hall–Kier alpha value is -1.33. The number of carbonyl (C=O) groups is 2. The van der Waals surface area contributed by atoms with Crippen LogP contribution in [0.25, 0.3) is 0 Å². The standard InChI is InChI=1S/C8H14FNO4/c1-8(2,3)13-7(12)10-5-4-6(11)14-9/h4-5H2,1-3H3,(H,10,12). The molecule has 0 aliphatic rings. The molecule has 0 rings (SSSR count). The molecule has 0 radical (unpaired) electrons. The minimum absolute atomic E-state index is 0.0162. The first-order valence-electron chi connectivity index (χ1n) is 4.13. The van der Waals surface area contributed by atoms with E-state index in [0.717, 1.165) is 0 Å². The molecule has 5 nitrogen and oxygen atoms in total. The third-order valence-corrected chi connectivity index (χ3v) is 1.08. The highest BCUT2D eigenvalue weighted by Gasteiger charge is 2.15. The van der Waals surface area contributed by atoms with Crippen molar-refractivity contribution in [3.63, 3.8) is 0 Å². The molecule has 14 heavy (non-hydrogen) atoms. The maximum absolute atomic E-state index is 11.2. The molecule has 1 N–H and O–H groups in total. The Balaban J connectivity index is 3.60. The monoisotopic (exact) mass is 207 g/mol. The van der Waals surface area contributed by atoms with Crippen molar-refractivity contribution >= 4 is 12.1 Å². The van der Waals surface area contributed by atoms with Crippen molar-refractivity contribution in [3.8, 4) is 0 Å². The van der Waals surface area contributed by atoms with Crippen molar-refractivity contribution in [2.45, 2.75) is 32.8 Å². The summed E-state index contributed by atoms with van der Waals surface area (Å²) < 4.78 is 16.0. The van der Waals surface area contributed by atoms with Gasteiger partial charge in [0.25, 0.3) is 0 Å². The third kappa shape index (κ3) is 7.33. The van der Waals surface area contributed by atoms with Crippen LogP contribution in [0.3, 0.4) is 0 Å². The maximum atomic E-state index is 11.2. The minimum atomic E-state index is -1.03. The third-order valence-electron chi connectivity index (χ3n) is 1.08. The van der Waals surface area contributed by atoms with E-state index < -0.39 is 17.7 Å². The lowest BCUT2D eigenvalue weighted by molar-refractivity contribution is -0.183. The summed E-state index contributed by atoms with van der Waals surface area (Å²) in [6.07, 6.45) is -0.875. The number of hydrogen-bond donors (Lipinski definition) is 1. The Morgan fingerprint density at radius 1 is 1.36 bits per heavy atom. The summed E-state index contributed by atoms with van der Waals surface area (Å²) in [6, 6.07) is 0. The van der Waals surface area contributed by atoms with Crippen LogP contribution in [0.1, 0.15) is 27.2 Å². The van der Waals surface area contributed by atoms with E-state index in [4.69, 9.17) is 4.74 Å². The molecule has 1 amide bonds. The van der Waals surface area contributed by atoms with E-state index in [0.29, 0.717) is 0 Å². The fourth-order valence-corrected chi connectivity index (χ4v) is 0.619. The molecule has 0 saturated heterocycles. The van der Waals surface area contributed by atoms with Gasteiger partial charge in [0.15, 0.2) is 0 Å². The van der Waals surface area contributed by atoms with Crippen molar-refractivity contribution in [2.24, 2.45) is 0 Å². The lowest BCUT2D eigenvalue weighted by Gasteiger charge is -2.19. The van der Waals surface area contributed by atoms with Crippen LogP contribution in [-0.4, -0.2) is 24.2 Å². The molecule has 0 unspecified atom stereocenters. The van der Waals surface area contributed by atoms with Gasteiger partial charge in [-0.1, -0.05) is 0 Å². The van der Waals surface area contributed by atoms with Crippen molar-refractivity contribution in [3.05, 3.63) is 0 Å². The van der Waals surface area contributed by atoms with Gasteiger partial charge in [0, 0.05) is 11.1 Å². The second kappa shape index (κ2) is 5.41. The zero-order chi connectivity index (χ0) is 11.2. The fraction of sp³-hybridized carbons (Fsp3) is 0.750. The highest BCUT2D eigenvalue weighted by Crippen LogP contribution is 2.06. The fourth-order valence-electron chi connectivity index (χ4n) is 0.619. The number of amides is 1. The molecule has 0 saturated carbocycles. The van der Waals surface area contributed by atoms with Gasteiger partial charge in [0.2, 0.25) is 0 Å². The van der Waals surface area contributed by atoms with Gasteiger partial charge >= 0.3 is 12.1 Å². The first kappa shape index (κ1) is 12.7. The van der Waals surface area contributed by atoms with Gasteiger partial charge in [-0.2, -0.15) is 0 Å². The molecule has 0 atom stereocenters. The number of carbonyl (C=O) groups excluding carboxylic acids is 2. The lowest BCUT2D eigenvalue weighted by atomic mass is 10.2. The molecule has 82 valence electrons. The van der Waals surface area contributed by atoms with Gasteiger partial charge < -0.3 is 10.1 Å². The zero-order valence-electron chi connectivity index (χ0n) is 8.43. The first-order chi connectivity index (χ1) is 6.35. The summed E-state index contributed by atoms with van der Waals surface area (Å²) >= 11 is 0. The van der Waals surface area contributed by atoms with Crippen LogP contribution in [0.2, 0.25) is 0 Å². The molecule has 0 bridgehead atoms. The topological polar surface area (TPSA) is 64.6 Å². The molecule has 6 heteroatoms. The second-order valence-electron chi connectivity index (χ2n) is 3.63. The summed E-state index contributed by atoms with van der Waals surface area (Å²) in [7, 11) is 0. The van der Waals surface area contributed by atoms with Crippen LogP contribution in [0.15, 0.2) is 0 Å². The zero-order valence-corrected chi connectivity index (χ0v) is 8.43. The van der Waals surface area contributed by atoms with Gasteiger partial charge in [-0.3, -0.25) is 4.94 Å². The Morgan fingerprint density at radius 2 is 1.93 bits per heavy atom. The number of halogens is 1. The molecule has 0 aliphatic heterocycles. The molecule has 0 spiro atoms. The normalized spacial score (nSPS) is 10.6. The van der Waals surface area contributed by atoms with Crippen LogP contribution in [-0.2, 0) is 14.5 Å². The van der Waals surface area contributed by atoms with Crippen molar-refractivity contribution in [1.82, 2.24) is 5.32 Å². The Kier molecular flexibility index (Phi) is 4.90. The van der Waals surface area contributed by atoms with Crippen molar-refractivity contribution < 1.29 is 23.8 Å². The summed E-state index contributed by atoms with van der Waals surface area (Å²) in [6.45, 7) is 5.12. The number of hydrogen-bond acceptors (Lipinski definition) is 4. The van der Waals surface area contributed by atoms with E-state index in [1.54, 1.807) is 20.8 Å². The van der Waals surface area contributed by atoms with E-state index in [1.807, 2.05) is 0 Å². The predicted molar refractivity (Wildman–Crippen MR) is 46.1 cm³/mol. The van der Waals surface area contributed by atoms with Crippen LogP contribution in [0.4, 0.5) is 9.32 Å². The molecule has 0 aliphatic carbocycles. The summed E-state index contributed by atoms with van der Waals surface area (Å²) in [5.74, 6) is -1.03. The Labute approximate surface area is 81.5 Å². The highest BCUT2D eigenvalue weighted by molar-refractivity contribution is 5.71. The second-order valence-corrected chi connectivity index (χ2v) is 3.63. The Morgan fingerprint density at radius 3 is 2.36 bits per heavy atom. The van der Waals surface area contributed by atoms with E-state index in [9.17, 15) is 14.1 Å². The lowest BCUT2D eigenvalue weighted by Crippen LogP contribution is -2.33. The Bertz CT molecular complexity index is 212. The summed E-state index contributed by atoms with van der Waals surface area (Å²) in [4.78, 5) is 24.1. The van der Waals surface area contributed by atoms with Crippen molar-refractivity contribution in [2.75, 3.05) is 6.54 Å². The van der Waals surface area contributed by atoms with E-state index in [1.165, 1.54) is 0 Å².